The second-order valence-corrected chi connectivity index (χ2v) is 17.9. The van der Waals surface area contributed by atoms with Crippen molar-refractivity contribution in [3.63, 3.8) is 0 Å². The fourth-order valence-electron chi connectivity index (χ4n) is 5.78. The highest BCUT2D eigenvalue weighted by Gasteiger charge is 2.41. The Labute approximate surface area is 222 Å². The van der Waals surface area contributed by atoms with Gasteiger partial charge in [-0.1, -0.05) is 26.8 Å². The van der Waals surface area contributed by atoms with E-state index in [-0.39, 0.29) is 29.4 Å². The maximum Gasteiger partial charge on any atom is 0.290 e. The van der Waals surface area contributed by atoms with Gasteiger partial charge in [0.15, 0.2) is 14.1 Å². The number of carbonyl (C=O) groups is 2. The van der Waals surface area contributed by atoms with Gasteiger partial charge < -0.3 is 18.8 Å². The molecule has 2 aromatic rings. The molecule has 2 heterocycles. The summed E-state index contributed by atoms with van der Waals surface area (Å²) < 4.78 is 8.56. The molecule has 0 bridgehead atoms. The molecule has 2 amide bonds. The van der Waals surface area contributed by atoms with Crippen LogP contribution in [0.2, 0.25) is 18.1 Å². The predicted octanol–water partition coefficient (Wildman–Crippen LogP) is 5.38. The first kappa shape index (κ1) is 26.4. The average molecular weight is 525 g/mol. The molecule has 37 heavy (non-hydrogen) atoms. The fourth-order valence-corrected chi connectivity index (χ4v) is 7.21. The molecule has 0 spiro atoms. The van der Waals surface area contributed by atoms with Crippen LogP contribution in [0.25, 0.3) is 11.0 Å². The first-order valence-corrected chi connectivity index (χ1v) is 17.0. The van der Waals surface area contributed by atoms with Crippen LogP contribution in [0.4, 0.5) is 0 Å². The lowest BCUT2D eigenvalue weighted by Gasteiger charge is -2.44. The van der Waals surface area contributed by atoms with E-state index in [0.717, 1.165) is 42.3 Å². The third-order valence-corrected chi connectivity index (χ3v) is 13.9. The van der Waals surface area contributed by atoms with Crippen LogP contribution in [-0.2, 0) is 16.3 Å². The Balaban J connectivity index is 1.21. The van der Waals surface area contributed by atoms with Crippen molar-refractivity contribution in [3.05, 3.63) is 29.1 Å². The Hall–Kier alpha value is -2.19. The summed E-state index contributed by atoms with van der Waals surface area (Å²) in [5.41, 5.74) is 4.35. The highest BCUT2D eigenvalue weighted by Crippen LogP contribution is 2.42. The monoisotopic (exact) mass is 524 g/mol. The minimum Gasteiger partial charge on any atom is -0.414 e. The van der Waals surface area contributed by atoms with Crippen molar-refractivity contribution in [2.24, 2.45) is 7.05 Å². The molecule has 8 heteroatoms. The van der Waals surface area contributed by atoms with Gasteiger partial charge in [0.25, 0.3) is 5.91 Å². The minimum absolute atomic E-state index is 0.0549. The third-order valence-electron chi connectivity index (χ3n) is 9.34. The number of carbonyl (C=O) groups excluding carboxylic acids is 2. The zero-order chi connectivity index (χ0) is 26.7. The number of hydrogen-bond donors (Lipinski definition) is 0. The SMILES string of the molecule is Cc1cc(C2CC2)cc2c1nc(C(=O)N1CCN(C3CCC(O[Si](C)(C)C(C)(C)C)CC3)C(=O)C1)n2C. The average Bonchev–Trinajstić information content (AvgIpc) is 3.62. The summed E-state index contributed by atoms with van der Waals surface area (Å²) >= 11 is 0. The van der Waals surface area contributed by atoms with Crippen molar-refractivity contribution in [2.45, 2.75) is 102 Å². The maximum absolute atomic E-state index is 13.5. The molecular formula is C29H44N4O3Si. The summed E-state index contributed by atoms with van der Waals surface area (Å²) in [7, 11) is 0.137. The number of imidazole rings is 1. The van der Waals surface area contributed by atoms with Gasteiger partial charge in [-0.3, -0.25) is 9.59 Å². The van der Waals surface area contributed by atoms with Gasteiger partial charge in [0.05, 0.1) is 11.0 Å². The lowest BCUT2D eigenvalue weighted by Crippen LogP contribution is -2.56. The van der Waals surface area contributed by atoms with Gasteiger partial charge in [-0.15, -0.1) is 0 Å². The Morgan fingerprint density at radius 2 is 1.73 bits per heavy atom. The molecule has 3 aliphatic rings. The number of rotatable bonds is 5. The molecule has 202 valence electrons. The van der Waals surface area contributed by atoms with Crippen LogP contribution in [0.5, 0.6) is 0 Å². The summed E-state index contributed by atoms with van der Waals surface area (Å²) in [6.07, 6.45) is 6.76. The molecule has 1 aliphatic heterocycles. The molecule has 0 atom stereocenters. The van der Waals surface area contributed by atoms with Gasteiger partial charge in [0.1, 0.15) is 6.54 Å². The molecule has 2 aliphatic carbocycles. The summed E-state index contributed by atoms with van der Waals surface area (Å²) in [5, 5.41) is 0.208. The number of benzene rings is 1. The van der Waals surface area contributed by atoms with Crippen LogP contribution in [0.3, 0.4) is 0 Å². The van der Waals surface area contributed by atoms with Crippen LogP contribution in [-0.4, -0.2) is 71.3 Å². The second kappa shape index (κ2) is 9.52. The Kier molecular flexibility index (Phi) is 6.80. The van der Waals surface area contributed by atoms with E-state index in [0.29, 0.717) is 30.9 Å². The first-order chi connectivity index (χ1) is 17.4. The van der Waals surface area contributed by atoms with Gasteiger partial charge >= 0.3 is 0 Å². The van der Waals surface area contributed by atoms with Gasteiger partial charge in [0.2, 0.25) is 5.91 Å². The van der Waals surface area contributed by atoms with E-state index in [2.05, 4.69) is 52.9 Å². The topological polar surface area (TPSA) is 67.7 Å². The first-order valence-electron chi connectivity index (χ1n) is 14.1. The highest BCUT2D eigenvalue weighted by atomic mass is 28.4. The second-order valence-electron chi connectivity index (χ2n) is 13.1. The van der Waals surface area contributed by atoms with Crippen molar-refractivity contribution in [1.29, 1.82) is 0 Å². The van der Waals surface area contributed by atoms with Crippen LogP contribution in [0, 0.1) is 6.92 Å². The number of hydrogen-bond acceptors (Lipinski definition) is 4. The number of aromatic nitrogens is 2. The number of fused-ring (bicyclic) bond motifs is 1. The quantitative estimate of drug-likeness (QED) is 0.493. The van der Waals surface area contributed by atoms with Crippen LogP contribution in [0.1, 0.15) is 87.0 Å². The van der Waals surface area contributed by atoms with Crippen molar-refractivity contribution < 1.29 is 14.0 Å². The maximum atomic E-state index is 13.5. The van der Waals surface area contributed by atoms with Crippen molar-refractivity contribution in [1.82, 2.24) is 19.4 Å². The van der Waals surface area contributed by atoms with Gasteiger partial charge in [-0.05, 0) is 86.7 Å². The molecule has 0 N–H and O–H groups in total. The Morgan fingerprint density at radius 1 is 1.05 bits per heavy atom. The van der Waals surface area contributed by atoms with Crippen molar-refractivity contribution in [3.8, 4) is 0 Å². The standard InChI is InChI=1S/C29H44N4O3Si/c1-19-16-21(20-8-9-20)17-24-26(19)30-27(31(24)5)28(35)32-14-15-33(25(34)18-32)22-10-12-23(13-11-22)36-37(6,7)29(2,3)4/h16-17,20,22-23H,8-15,18H2,1-7H3. The van der Waals surface area contributed by atoms with Gasteiger partial charge in [0, 0.05) is 32.3 Å². The normalized spacial score (nSPS) is 23.7. The number of nitrogens with zero attached hydrogens (tertiary/aromatic N) is 4. The Morgan fingerprint density at radius 3 is 2.32 bits per heavy atom. The van der Waals surface area contributed by atoms with E-state index in [1.807, 2.05) is 16.5 Å². The molecule has 2 saturated carbocycles. The van der Waals surface area contributed by atoms with E-state index >= 15 is 0 Å². The lowest BCUT2D eigenvalue weighted by molar-refractivity contribution is -0.138. The Bertz CT molecular complexity index is 1200. The minimum atomic E-state index is -1.78. The number of aryl methyl sites for hydroxylation is 2. The van der Waals surface area contributed by atoms with Gasteiger partial charge in [-0.25, -0.2) is 4.98 Å². The fraction of sp³-hybridized carbons (Fsp3) is 0.690. The molecule has 0 unspecified atom stereocenters. The highest BCUT2D eigenvalue weighted by molar-refractivity contribution is 6.74. The molecule has 7 nitrogen and oxygen atoms in total. The zero-order valence-electron chi connectivity index (χ0n) is 23.8. The summed E-state index contributed by atoms with van der Waals surface area (Å²) in [6, 6.07) is 4.66. The summed E-state index contributed by atoms with van der Waals surface area (Å²) in [6.45, 7) is 14.8. The molecule has 0 radical (unpaired) electrons. The van der Waals surface area contributed by atoms with E-state index in [1.54, 1.807) is 4.90 Å². The zero-order valence-corrected chi connectivity index (χ0v) is 24.8. The molecule has 5 rings (SSSR count). The molecule has 3 fully saturated rings. The molecule has 1 aromatic heterocycles. The van der Waals surface area contributed by atoms with E-state index in [9.17, 15) is 9.59 Å². The molecular weight excluding hydrogens is 480 g/mol. The van der Waals surface area contributed by atoms with Crippen LogP contribution >= 0.6 is 0 Å². The van der Waals surface area contributed by atoms with Crippen molar-refractivity contribution >= 4 is 31.2 Å². The van der Waals surface area contributed by atoms with Crippen LogP contribution in [0.15, 0.2) is 12.1 Å². The molecule has 1 saturated heterocycles. The third kappa shape index (κ3) is 5.11. The van der Waals surface area contributed by atoms with Crippen LogP contribution < -0.4 is 0 Å². The number of amides is 2. The van der Waals surface area contributed by atoms with E-state index < -0.39 is 8.32 Å². The van der Waals surface area contributed by atoms with E-state index in [1.165, 1.54) is 18.4 Å². The lowest BCUT2D eigenvalue weighted by atomic mass is 9.91. The molecule has 1 aromatic carbocycles. The summed E-state index contributed by atoms with van der Waals surface area (Å²) in [4.78, 5) is 35.1. The van der Waals surface area contributed by atoms with Gasteiger partial charge in [-0.2, -0.15) is 0 Å². The van der Waals surface area contributed by atoms with E-state index in [4.69, 9.17) is 9.41 Å². The number of piperazine rings is 1. The smallest absolute Gasteiger partial charge is 0.290 e. The largest absolute Gasteiger partial charge is 0.414 e. The predicted molar refractivity (Wildman–Crippen MR) is 149 cm³/mol. The summed E-state index contributed by atoms with van der Waals surface area (Å²) in [5.74, 6) is 0.983. The van der Waals surface area contributed by atoms with Crippen molar-refractivity contribution in [2.75, 3.05) is 19.6 Å².